The third-order valence-electron chi connectivity index (χ3n) is 4.42. The number of carbonyl (C=O) groups is 1. The minimum absolute atomic E-state index is 0.0893. The molecular weight excluding hydrogens is 326 g/mol. The fourth-order valence-electron chi connectivity index (χ4n) is 3.08. The molecule has 5 nitrogen and oxygen atoms in total. The van der Waals surface area contributed by atoms with E-state index in [1.54, 1.807) is 25.6 Å². The van der Waals surface area contributed by atoms with Crippen LogP contribution in [0, 0.1) is 11.3 Å². The van der Waals surface area contributed by atoms with E-state index in [9.17, 15) is 10.1 Å². The maximum Gasteiger partial charge on any atom is 0.205 e. The number of nitriles is 1. The van der Waals surface area contributed by atoms with Gasteiger partial charge in [-0.05, 0) is 24.3 Å². The molecule has 0 saturated heterocycles. The average Bonchev–Trinajstić information content (AvgIpc) is 3.29. The van der Waals surface area contributed by atoms with Gasteiger partial charge in [0.15, 0.2) is 0 Å². The highest BCUT2D eigenvalue weighted by Crippen LogP contribution is 2.26. The van der Waals surface area contributed by atoms with E-state index in [1.165, 1.54) is 0 Å². The quantitative estimate of drug-likeness (QED) is 0.327. The van der Waals surface area contributed by atoms with Gasteiger partial charge in [0.25, 0.3) is 0 Å². The van der Waals surface area contributed by atoms with Gasteiger partial charge in [-0.3, -0.25) is 4.79 Å². The SMILES string of the molecule is COc1ccc2c(/C=C(\C#N)C(=O)c3c[nH]c4ccccc34)c[nH]c2c1. The number of para-hydroxylation sites is 1. The Morgan fingerprint density at radius 2 is 1.88 bits per heavy atom. The summed E-state index contributed by atoms with van der Waals surface area (Å²) in [7, 11) is 1.61. The smallest absolute Gasteiger partial charge is 0.205 e. The van der Waals surface area contributed by atoms with E-state index in [1.807, 2.05) is 48.5 Å². The van der Waals surface area contributed by atoms with Crippen LogP contribution in [0.3, 0.4) is 0 Å². The van der Waals surface area contributed by atoms with Crippen molar-refractivity contribution in [1.29, 1.82) is 5.26 Å². The summed E-state index contributed by atoms with van der Waals surface area (Å²) < 4.78 is 5.22. The number of ether oxygens (including phenoxy) is 1. The van der Waals surface area contributed by atoms with Crippen molar-refractivity contribution in [1.82, 2.24) is 9.97 Å². The number of benzene rings is 2. The van der Waals surface area contributed by atoms with Gasteiger partial charge in [-0.25, -0.2) is 0 Å². The average molecular weight is 341 g/mol. The fraction of sp³-hybridized carbons (Fsp3) is 0.0476. The summed E-state index contributed by atoms with van der Waals surface area (Å²) in [4.78, 5) is 19.1. The molecule has 0 aliphatic heterocycles. The second-order valence-electron chi connectivity index (χ2n) is 5.90. The highest BCUT2D eigenvalue weighted by atomic mass is 16.5. The van der Waals surface area contributed by atoms with Gasteiger partial charge in [-0.1, -0.05) is 18.2 Å². The van der Waals surface area contributed by atoms with Crippen LogP contribution in [0.1, 0.15) is 15.9 Å². The number of methoxy groups -OCH3 is 1. The van der Waals surface area contributed by atoms with E-state index in [-0.39, 0.29) is 11.4 Å². The van der Waals surface area contributed by atoms with Crippen molar-refractivity contribution >= 4 is 33.7 Å². The number of allylic oxidation sites excluding steroid dienone is 1. The Morgan fingerprint density at radius 1 is 1.08 bits per heavy atom. The van der Waals surface area contributed by atoms with Gasteiger partial charge in [0.05, 0.1) is 7.11 Å². The van der Waals surface area contributed by atoms with Crippen LogP contribution in [-0.4, -0.2) is 22.9 Å². The second kappa shape index (κ2) is 6.26. The number of rotatable bonds is 4. The zero-order valence-electron chi connectivity index (χ0n) is 14.0. The number of hydrogen-bond acceptors (Lipinski definition) is 3. The zero-order valence-corrected chi connectivity index (χ0v) is 14.0. The Hall–Kier alpha value is -3.78. The van der Waals surface area contributed by atoms with Gasteiger partial charge >= 0.3 is 0 Å². The molecule has 4 rings (SSSR count). The molecule has 0 radical (unpaired) electrons. The van der Waals surface area contributed by atoms with Gasteiger partial charge in [-0.2, -0.15) is 5.26 Å². The molecule has 0 atom stereocenters. The molecule has 0 unspecified atom stereocenters. The molecule has 0 amide bonds. The standard InChI is InChI=1S/C21H15N3O2/c1-26-15-6-7-16-14(11-23-20(16)9-15)8-13(10-22)21(25)18-12-24-19-5-3-2-4-17(18)19/h2-9,11-12,23-24H,1H3/b13-8+. The van der Waals surface area contributed by atoms with Gasteiger partial charge in [-0.15, -0.1) is 0 Å². The molecule has 0 aliphatic rings. The lowest BCUT2D eigenvalue weighted by molar-refractivity contribution is 0.104. The topological polar surface area (TPSA) is 81.7 Å². The molecule has 126 valence electrons. The number of H-pyrrole nitrogens is 2. The van der Waals surface area contributed by atoms with Crippen molar-refractivity contribution in [3.05, 3.63) is 71.6 Å². The number of fused-ring (bicyclic) bond motifs is 2. The number of nitrogens with one attached hydrogen (secondary N) is 2. The number of aromatic nitrogens is 2. The maximum absolute atomic E-state index is 12.9. The number of Topliss-reactive ketones (excluding diaryl/α,β-unsaturated/α-hetero) is 1. The molecule has 0 spiro atoms. The highest BCUT2D eigenvalue weighted by Gasteiger charge is 2.17. The first kappa shape index (κ1) is 15.7. The molecule has 0 saturated carbocycles. The van der Waals surface area contributed by atoms with E-state index in [0.717, 1.165) is 33.1 Å². The fourth-order valence-corrected chi connectivity index (χ4v) is 3.08. The Balaban J connectivity index is 1.78. The number of ketones is 1. The van der Waals surface area contributed by atoms with Crippen molar-refractivity contribution < 1.29 is 9.53 Å². The molecule has 2 aromatic carbocycles. The third-order valence-corrected chi connectivity index (χ3v) is 4.42. The minimum Gasteiger partial charge on any atom is -0.497 e. The molecule has 4 aromatic rings. The number of aromatic amines is 2. The number of nitrogens with zero attached hydrogens (tertiary/aromatic N) is 1. The first-order chi connectivity index (χ1) is 12.7. The van der Waals surface area contributed by atoms with Gasteiger partial charge < -0.3 is 14.7 Å². The normalized spacial score (nSPS) is 11.6. The third kappa shape index (κ3) is 2.54. The minimum atomic E-state index is -0.298. The summed E-state index contributed by atoms with van der Waals surface area (Å²) in [5.41, 5.74) is 3.12. The Bertz CT molecular complexity index is 1200. The van der Waals surface area contributed by atoms with Crippen molar-refractivity contribution in [2.45, 2.75) is 0 Å². The van der Waals surface area contributed by atoms with Crippen LogP contribution in [0.5, 0.6) is 5.75 Å². The molecule has 0 bridgehead atoms. The molecular formula is C21H15N3O2. The summed E-state index contributed by atoms with van der Waals surface area (Å²) in [6.45, 7) is 0. The predicted octanol–water partition coefficient (Wildman–Crippen LogP) is 4.45. The van der Waals surface area contributed by atoms with Crippen molar-refractivity contribution in [3.8, 4) is 11.8 Å². The van der Waals surface area contributed by atoms with Crippen molar-refractivity contribution in [2.24, 2.45) is 0 Å². The largest absolute Gasteiger partial charge is 0.497 e. The zero-order chi connectivity index (χ0) is 18.1. The van der Waals surface area contributed by atoms with Crippen LogP contribution in [-0.2, 0) is 0 Å². The molecule has 5 heteroatoms. The Labute approximate surface area is 149 Å². The number of hydrogen-bond donors (Lipinski definition) is 2. The van der Waals surface area contributed by atoms with Gasteiger partial charge in [0, 0.05) is 51.4 Å². The lowest BCUT2D eigenvalue weighted by atomic mass is 10.0. The summed E-state index contributed by atoms with van der Waals surface area (Å²) in [5.74, 6) is 0.443. The van der Waals surface area contributed by atoms with Crippen molar-refractivity contribution in [3.63, 3.8) is 0 Å². The molecule has 2 N–H and O–H groups in total. The Kier molecular flexibility index (Phi) is 3.79. The van der Waals surface area contributed by atoms with Gasteiger partial charge in [0.1, 0.15) is 17.4 Å². The van der Waals surface area contributed by atoms with Crippen molar-refractivity contribution in [2.75, 3.05) is 7.11 Å². The van der Waals surface area contributed by atoms with Crippen LogP contribution in [0.4, 0.5) is 0 Å². The van der Waals surface area contributed by atoms with E-state index < -0.39 is 0 Å². The van der Waals surface area contributed by atoms with Crippen LogP contribution in [0.15, 0.2) is 60.4 Å². The van der Waals surface area contributed by atoms with Crippen LogP contribution >= 0.6 is 0 Å². The second-order valence-corrected chi connectivity index (χ2v) is 5.90. The lowest BCUT2D eigenvalue weighted by Crippen LogP contribution is -2.00. The van der Waals surface area contributed by atoms with Crippen LogP contribution in [0.2, 0.25) is 0 Å². The molecule has 0 fully saturated rings. The van der Waals surface area contributed by atoms with E-state index >= 15 is 0 Å². The highest BCUT2D eigenvalue weighted by molar-refractivity contribution is 6.20. The molecule has 2 aromatic heterocycles. The van der Waals surface area contributed by atoms with E-state index in [4.69, 9.17) is 4.74 Å². The predicted molar refractivity (Wildman–Crippen MR) is 101 cm³/mol. The van der Waals surface area contributed by atoms with Crippen LogP contribution in [0.25, 0.3) is 27.9 Å². The molecule has 2 heterocycles. The van der Waals surface area contributed by atoms with E-state index in [0.29, 0.717) is 5.56 Å². The lowest BCUT2D eigenvalue weighted by Gasteiger charge is -2.00. The first-order valence-electron chi connectivity index (χ1n) is 8.09. The summed E-state index contributed by atoms with van der Waals surface area (Å²) in [5, 5.41) is 11.3. The summed E-state index contributed by atoms with van der Waals surface area (Å²) in [6, 6.07) is 15.2. The summed E-state index contributed by atoms with van der Waals surface area (Å²) in [6.07, 6.45) is 5.05. The molecule has 0 aliphatic carbocycles. The molecule has 26 heavy (non-hydrogen) atoms. The summed E-state index contributed by atoms with van der Waals surface area (Å²) >= 11 is 0. The Morgan fingerprint density at radius 3 is 2.69 bits per heavy atom. The number of carbonyl (C=O) groups excluding carboxylic acids is 1. The van der Waals surface area contributed by atoms with Gasteiger partial charge in [0.2, 0.25) is 5.78 Å². The first-order valence-corrected chi connectivity index (χ1v) is 8.09. The van der Waals surface area contributed by atoms with E-state index in [2.05, 4.69) is 9.97 Å². The van der Waals surface area contributed by atoms with Crippen LogP contribution < -0.4 is 4.74 Å². The maximum atomic E-state index is 12.9. The monoisotopic (exact) mass is 341 g/mol.